The van der Waals surface area contributed by atoms with Crippen LogP contribution in [0.3, 0.4) is 0 Å². The van der Waals surface area contributed by atoms with Gasteiger partial charge in [-0.15, -0.1) is 0 Å². The van der Waals surface area contributed by atoms with Gasteiger partial charge in [-0.2, -0.15) is 0 Å². The topological polar surface area (TPSA) is 40.6 Å². The summed E-state index contributed by atoms with van der Waals surface area (Å²) in [5, 5.41) is 0. The molecule has 1 aromatic rings. The van der Waals surface area contributed by atoms with Crippen molar-refractivity contribution in [2.75, 3.05) is 14.1 Å². The molecule has 0 radical (unpaired) electrons. The predicted molar refractivity (Wildman–Crippen MR) is 82.6 cm³/mol. The lowest BCUT2D eigenvalue weighted by atomic mass is 9.94. The second kappa shape index (κ2) is 7.25. The van der Waals surface area contributed by atoms with E-state index in [2.05, 4.69) is 0 Å². The standard InChI is InChI=1S/C17H24N2O2/c1-18(13-14-9-5-3-6-10-14)16(20)17(21)19(2)15-11-7-4-8-12-15/h3,5-6,9-10,15H,4,7-8,11-13H2,1-2H3. The number of likely N-dealkylation sites (N-methyl/N-ethyl adjacent to an activating group) is 2. The summed E-state index contributed by atoms with van der Waals surface area (Å²) in [4.78, 5) is 27.7. The predicted octanol–water partition coefficient (Wildman–Crippen LogP) is 2.44. The van der Waals surface area contributed by atoms with Crippen molar-refractivity contribution in [1.82, 2.24) is 9.80 Å². The molecule has 0 atom stereocenters. The Bertz CT molecular complexity index is 481. The number of benzene rings is 1. The van der Waals surface area contributed by atoms with Gasteiger partial charge in [0.1, 0.15) is 0 Å². The quantitative estimate of drug-likeness (QED) is 0.802. The van der Waals surface area contributed by atoms with Gasteiger partial charge >= 0.3 is 11.8 Å². The van der Waals surface area contributed by atoms with E-state index in [0.717, 1.165) is 31.2 Å². The van der Waals surface area contributed by atoms with E-state index in [4.69, 9.17) is 0 Å². The average molecular weight is 288 g/mol. The van der Waals surface area contributed by atoms with Crippen LogP contribution < -0.4 is 0 Å². The van der Waals surface area contributed by atoms with Gasteiger partial charge in [0.05, 0.1) is 0 Å². The molecule has 114 valence electrons. The van der Waals surface area contributed by atoms with Crippen LogP contribution in [0.4, 0.5) is 0 Å². The summed E-state index contributed by atoms with van der Waals surface area (Å²) >= 11 is 0. The molecule has 0 N–H and O–H groups in total. The first-order valence-electron chi connectivity index (χ1n) is 7.66. The minimum absolute atomic E-state index is 0.223. The molecule has 0 unspecified atom stereocenters. The molecular weight excluding hydrogens is 264 g/mol. The summed E-state index contributed by atoms with van der Waals surface area (Å²) in [6.45, 7) is 0.462. The van der Waals surface area contributed by atoms with Crippen LogP contribution >= 0.6 is 0 Å². The number of amides is 2. The van der Waals surface area contributed by atoms with Gasteiger partial charge in [0.25, 0.3) is 0 Å². The number of carbonyl (C=O) groups excluding carboxylic acids is 2. The van der Waals surface area contributed by atoms with Gasteiger partial charge in [0.2, 0.25) is 0 Å². The maximum absolute atomic E-state index is 12.3. The number of nitrogens with zero attached hydrogens (tertiary/aromatic N) is 2. The highest BCUT2D eigenvalue weighted by Gasteiger charge is 2.28. The molecule has 2 rings (SSSR count). The zero-order valence-corrected chi connectivity index (χ0v) is 12.9. The summed E-state index contributed by atoms with van der Waals surface area (Å²) in [6, 6.07) is 9.94. The number of hydrogen-bond acceptors (Lipinski definition) is 2. The smallest absolute Gasteiger partial charge is 0.312 e. The first kappa shape index (κ1) is 15.5. The molecule has 0 heterocycles. The fourth-order valence-electron chi connectivity index (χ4n) is 2.88. The summed E-state index contributed by atoms with van der Waals surface area (Å²) in [5.41, 5.74) is 1.03. The zero-order valence-electron chi connectivity index (χ0n) is 12.9. The van der Waals surface area contributed by atoms with Crippen molar-refractivity contribution in [1.29, 1.82) is 0 Å². The molecule has 1 fully saturated rings. The lowest BCUT2D eigenvalue weighted by molar-refractivity contribution is -0.152. The molecule has 4 heteroatoms. The maximum Gasteiger partial charge on any atom is 0.312 e. The van der Waals surface area contributed by atoms with Crippen molar-refractivity contribution in [3.05, 3.63) is 35.9 Å². The highest BCUT2D eigenvalue weighted by molar-refractivity contribution is 6.34. The molecule has 1 aliphatic carbocycles. The second-order valence-corrected chi connectivity index (χ2v) is 5.85. The first-order valence-corrected chi connectivity index (χ1v) is 7.66. The number of rotatable bonds is 3. The van der Waals surface area contributed by atoms with Gasteiger partial charge in [-0.05, 0) is 18.4 Å². The van der Waals surface area contributed by atoms with E-state index in [9.17, 15) is 9.59 Å². The SMILES string of the molecule is CN(Cc1ccccc1)C(=O)C(=O)N(C)C1CCCCC1. The molecule has 1 saturated carbocycles. The third kappa shape index (κ3) is 4.06. The fraction of sp³-hybridized carbons (Fsp3) is 0.529. The molecule has 0 bridgehead atoms. The van der Waals surface area contributed by atoms with Gasteiger partial charge < -0.3 is 9.80 Å². The summed E-state index contributed by atoms with van der Waals surface area (Å²) in [6.07, 6.45) is 5.56. The monoisotopic (exact) mass is 288 g/mol. The van der Waals surface area contributed by atoms with E-state index in [-0.39, 0.29) is 11.9 Å². The molecular formula is C17H24N2O2. The highest BCUT2D eigenvalue weighted by atomic mass is 16.2. The van der Waals surface area contributed by atoms with Crippen LogP contribution in [0, 0.1) is 0 Å². The molecule has 2 amide bonds. The van der Waals surface area contributed by atoms with Crippen molar-refractivity contribution < 1.29 is 9.59 Å². The van der Waals surface area contributed by atoms with Gasteiger partial charge in [-0.3, -0.25) is 9.59 Å². The average Bonchev–Trinajstić information content (AvgIpc) is 2.54. The summed E-state index contributed by atoms with van der Waals surface area (Å²) in [7, 11) is 3.44. The third-order valence-corrected chi connectivity index (χ3v) is 4.23. The maximum atomic E-state index is 12.3. The van der Waals surface area contributed by atoms with Crippen LogP contribution in [-0.2, 0) is 16.1 Å². The van der Waals surface area contributed by atoms with Gasteiger partial charge in [-0.1, -0.05) is 49.6 Å². The third-order valence-electron chi connectivity index (χ3n) is 4.23. The zero-order chi connectivity index (χ0) is 15.2. The highest BCUT2D eigenvalue weighted by Crippen LogP contribution is 2.21. The van der Waals surface area contributed by atoms with Crippen molar-refractivity contribution in [2.45, 2.75) is 44.7 Å². The molecule has 1 aromatic carbocycles. The lowest BCUT2D eigenvalue weighted by Crippen LogP contribution is -2.46. The van der Waals surface area contributed by atoms with E-state index in [1.807, 2.05) is 30.3 Å². The van der Waals surface area contributed by atoms with Gasteiger partial charge in [-0.25, -0.2) is 0 Å². The molecule has 0 aromatic heterocycles. The van der Waals surface area contributed by atoms with E-state index in [1.54, 1.807) is 19.0 Å². The van der Waals surface area contributed by atoms with E-state index in [1.165, 1.54) is 11.3 Å². The Kier molecular flexibility index (Phi) is 5.37. The van der Waals surface area contributed by atoms with Crippen LogP contribution in [0.1, 0.15) is 37.7 Å². The Morgan fingerprint density at radius 1 is 1.00 bits per heavy atom. The Balaban J connectivity index is 1.93. The van der Waals surface area contributed by atoms with E-state index < -0.39 is 5.91 Å². The molecule has 21 heavy (non-hydrogen) atoms. The van der Waals surface area contributed by atoms with Crippen molar-refractivity contribution in [3.8, 4) is 0 Å². The summed E-state index contributed by atoms with van der Waals surface area (Å²) < 4.78 is 0. The van der Waals surface area contributed by atoms with Crippen LogP contribution in [0.2, 0.25) is 0 Å². The minimum Gasteiger partial charge on any atom is -0.335 e. The summed E-state index contributed by atoms with van der Waals surface area (Å²) in [5.74, 6) is -0.813. The Morgan fingerprint density at radius 3 is 2.24 bits per heavy atom. The van der Waals surface area contributed by atoms with E-state index in [0.29, 0.717) is 6.54 Å². The Labute approximate surface area is 126 Å². The normalized spacial score (nSPS) is 15.5. The first-order chi connectivity index (χ1) is 10.1. The molecule has 0 spiro atoms. The van der Waals surface area contributed by atoms with Crippen molar-refractivity contribution in [3.63, 3.8) is 0 Å². The second-order valence-electron chi connectivity index (χ2n) is 5.85. The Morgan fingerprint density at radius 2 is 1.62 bits per heavy atom. The largest absolute Gasteiger partial charge is 0.335 e. The van der Waals surface area contributed by atoms with E-state index >= 15 is 0 Å². The molecule has 0 saturated heterocycles. The number of hydrogen-bond donors (Lipinski definition) is 0. The molecule has 4 nitrogen and oxygen atoms in total. The van der Waals surface area contributed by atoms with Crippen LogP contribution in [0.25, 0.3) is 0 Å². The number of carbonyl (C=O) groups is 2. The molecule has 1 aliphatic rings. The van der Waals surface area contributed by atoms with Crippen molar-refractivity contribution in [2.24, 2.45) is 0 Å². The lowest BCUT2D eigenvalue weighted by Gasteiger charge is -2.31. The Hall–Kier alpha value is -1.84. The minimum atomic E-state index is -0.424. The molecule has 0 aliphatic heterocycles. The van der Waals surface area contributed by atoms with Crippen LogP contribution in [-0.4, -0.2) is 41.8 Å². The van der Waals surface area contributed by atoms with Gasteiger partial charge in [0, 0.05) is 26.7 Å². The van der Waals surface area contributed by atoms with Gasteiger partial charge in [0.15, 0.2) is 0 Å². The van der Waals surface area contributed by atoms with Crippen LogP contribution in [0.15, 0.2) is 30.3 Å². The van der Waals surface area contributed by atoms with Crippen LogP contribution in [0.5, 0.6) is 0 Å². The fourth-order valence-corrected chi connectivity index (χ4v) is 2.88. The van der Waals surface area contributed by atoms with Crippen molar-refractivity contribution >= 4 is 11.8 Å².